The van der Waals surface area contributed by atoms with Gasteiger partial charge < -0.3 is 10.2 Å². The number of piperidine rings is 1. The molecule has 2 aromatic rings. The molecule has 2 amide bonds. The van der Waals surface area contributed by atoms with Crippen LogP contribution in [-0.2, 0) is 6.54 Å². The third-order valence-corrected chi connectivity index (χ3v) is 8.45. The molecule has 6 rings (SSSR count). The summed E-state index contributed by atoms with van der Waals surface area (Å²) in [6.07, 6.45) is 3.33. The number of halogens is 2. The van der Waals surface area contributed by atoms with Crippen LogP contribution in [0.15, 0.2) is 48.7 Å². The van der Waals surface area contributed by atoms with Crippen molar-refractivity contribution in [2.75, 3.05) is 19.6 Å². The Kier molecular flexibility index (Phi) is 6.17. The molecule has 9 heteroatoms. The van der Waals surface area contributed by atoms with Gasteiger partial charge in [0.05, 0.1) is 18.6 Å². The number of alkyl halides is 2. The Balaban J connectivity index is 1.17. The first-order valence-corrected chi connectivity index (χ1v) is 13.0. The Labute approximate surface area is 210 Å². The number of aryl methyl sites for hydroxylation is 1. The van der Waals surface area contributed by atoms with Gasteiger partial charge >= 0.3 is 6.03 Å². The molecular weight excluding hydrogens is 462 g/mol. The molecule has 1 saturated carbocycles. The lowest BCUT2D eigenvalue weighted by atomic mass is 9.71. The first-order chi connectivity index (χ1) is 17.3. The number of nitrogens with zero attached hydrogens (tertiary/aromatic N) is 3. The molecule has 1 aromatic heterocycles. The second kappa shape index (κ2) is 9.36. The number of likely N-dealkylation sites (tertiary alicyclic amines) is 1. The highest BCUT2D eigenvalue weighted by Gasteiger charge is 2.50. The molecule has 3 saturated heterocycles. The number of amides is 2. The number of fused-ring (bicyclic) bond motifs is 2. The van der Waals surface area contributed by atoms with Gasteiger partial charge in [-0.25, -0.2) is 19.0 Å². The lowest BCUT2D eigenvalue weighted by molar-refractivity contribution is -0.0947. The fourth-order valence-corrected chi connectivity index (χ4v) is 6.85. The number of hydrogen-bond donors (Lipinski definition) is 3. The van der Waals surface area contributed by atoms with Crippen LogP contribution >= 0.6 is 0 Å². The summed E-state index contributed by atoms with van der Waals surface area (Å²) >= 11 is 0. The topological polar surface area (TPSA) is 72.5 Å². The third-order valence-electron chi connectivity index (χ3n) is 8.45. The zero-order chi connectivity index (χ0) is 24.9. The molecule has 0 radical (unpaired) electrons. The molecule has 5 unspecified atom stereocenters. The molecule has 7 nitrogen and oxygen atoms in total. The molecule has 1 aromatic carbocycles. The van der Waals surface area contributed by atoms with E-state index in [0.717, 1.165) is 24.1 Å². The number of urea groups is 1. The molecule has 36 heavy (non-hydrogen) atoms. The predicted octanol–water partition coefficient (Wildman–Crippen LogP) is 3.24. The standard InChI is InChI=1S/C27H34F2N6O/c1-17-9-19(7-8-30-17)25-22-10-20-14-35(26(36)31-23(20)11-24(22)32-33-25)21-12-27(28,29)16-34(15-21)13-18-5-3-2-4-6-18/h2-9,20-25,32-33H,10-16H2,1H3,(H,31,36)/t20?,21-,22?,23?,24?,25?/m1/s1. The summed E-state index contributed by atoms with van der Waals surface area (Å²) in [5, 5.41) is 3.18. The van der Waals surface area contributed by atoms with Crippen molar-refractivity contribution in [3.8, 4) is 0 Å². The van der Waals surface area contributed by atoms with E-state index in [9.17, 15) is 13.6 Å². The van der Waals surface area contributed by atoms with Gasteiger partial charge in [-0.1, -0.05) is 30.3 Å². The lowest BCUT2D eigenvalue weighted by Crippen LogP contribution is -2.66. The van der Waals surface area contributed by atoms with E-state index in [1.54, 1.807) is 9.80 Å². The van der Waals surface area contributed by atoms with Gasteiger partial charge in [-0.15, -0.1) is 0 Å². The third kappa shape index (κ3) is 4.71. The van der Waals surface area contributed by atoms with E-state index in [-0.39, 0.29) is 43.0 Å². The zero-order valence-corrected chi connectivity index (χ0v) is 20.5. The van der Waals surface area contributed by atoms with Gasteiger partial charge in [0.1, 0.15) is 0 Å². The Hall–Kier alpha value is -2.62. The Bertz CT molecular complexity index is 1100. The highest BCUT2D eigenvalue weighted by atomic mass is 19.3. The average Bonchev–Trinajstić information content (AvgIpc) is 3.24. The quantitative estimate of drug-likeness (QED) is 0.606. The Morgan fingerprint density at radius 1 is 1.08 bits per heavy atom. The summed E-state index contributed by atoms with van der Waals surface area (Å²) in [6, 6.07) is 13.7. The fourth-order valence-electron chi connectivity index (χ4n) is 6.85. The van der Waals surface area contributed by atoms with E-state index in [0.29, 0.717) is 25.6 Å². The number of hydrazine groups is 1. The molecule has 3 aliphatic heterocycles. The van der Waals surface area contributed by atoms with Crippen molar-refractivity contribution in [3.63, 3.8) is 0 Å². The van der Waals surface area contributed by atoms with Gasteiger partial charge in [-0.05, 0) is 54.9 Å². The number of carbonyl (C=O) groups excluding carboxylic acids is 1. The molecule has 3 N–H and O–H groups in total. The van der Waals surface area contributed by atoms with E-state index in [2.05, 4.69) is 33.3 Å². The summed E-state index contributed by atoms with van der Waals surface area (Å²) in [5.41, 5.74) is 10.1. The summed E-state index contributed by atoms with van der Waals surface area (Å²) in [6.45, 7) is 3.18. The van der Waals surface area contributed by atoms with E-state index in [1.165, 1.54) is 5.56 Å². The minimum absolute atomic E-state index is 0.0618. The van der Waals surface area contributed by atoms with Crippen molar-refractivity contribution in [3.05, 3.63) is 65.5 Å². The van der Waals surface area contributed by atoms with Crippen LogP contribution in [-0.4, -0.2) is 64.5 Å². The minimum atomic E-state index is -2.82. The van der Waals surface area contributed by atoms with Gasteiger partial charge in [-0.3, -0.25) is 15.3 Å². The van der Waals surface area contributed by atoms with Crippen molar-refractivity contribution < 1.29 is 13.6 Å². The number of benzene rings is 1. The number of pyridine rings is 1. The number of nitrogens with one attached hydrogen (secondary N) is 3. The summed E-state index contributed by atoms with van der Waals surface area (Å²) < 4.78 is 29.7. The van der Waals surface area contributed by atoms with E-state index >= 15 is 0 Å². The SMILES string of the molecule is Cc1cc(C2NNC3CC4NC(=O)N([C@H]5CN(Cc6ccccc6)CC(F)(F)C5)CC4CC32)ccn1. The van der Waals surface area contributed by atoms with E-state index < -0.39 is 12.0 Å². The van der Waals surface area contributed by atoms with Crippen molar-refractivity contribution in [1.82, 2.24) is 31.0 Å². The van der Waals surface area contributed by atoms with E-state index in [4.69, 9.17) is 0 Å². The monoisotopic (exact) mass is 496 g/mol. The minimum Gasteiger partial charge on any atom is -0.335 e. The summed E-state index contributed by atoms with van der Waals surface area (Å²) in [7, 11) is 0. The average molecular weight is 497 g/mol. The number of rotatable bonds is 4. The maximum Gasteiger partial charge on any atom is 0.317 e. The van der Waals surface area contributed by atoms with Crippen LogP contribution in [0.5, 0.6) is 0 Å². The van der Waals surface area contributed by atoms with E-state index in [1.807, 2.05) is 43.5 Å². The molecular formula is C27H34F2N6O. The number of hydrogen-bond acceptors (Lipinski definition) is 5. The molecule has 192 valence electrons. The van der Waals surface area contributed by atoms with Crippen LogP contribution in [0.1, 0.15) is 42.1 Å². The molecule has 4 fully saturated rings. The summed E-state index contributed by atoms with van der Waals surface area (Å²) in [4.78, 5) is 21.0. The highest BCUT2D eigenvalue weighted by Crippen LogP contribution is 2.42. The highest BCUT2D eigenvalue weighted by molar-refractivity contribution is 5.76. The molecule has 1 aliphatic carbocycles. The molecule has 0 spiro atoms. The molecule has 0 bridgehead atoms. The Morgan fingerprint density at radius 3 is 2.72 bits per heavy atom. The van der Waals surface area contributed by atoms with Crippen LogP contribution in [0.3, 0.4) is 0 Å². The smallest absolute Gasteiger partial charge is 0.317 e. The van der Waals surface area contributed by atoms with Crippen LogP contribution in [0, 0.1) is 18.8 Å². The first kappa shape index (κ1) is 23.8. The van der Waals surface area contributed by atoms with Crippen molar-refractivity contribution in [1.29, 1.82) is 0 Å². The van der Waals surface area contributed by atoms with Crippen LogP contribution in [0.4, 0.5) is 13.6 Å². The second-order valence-electron chi connectivity index (χ2n) is 11.1. The van der Waals surface area contributed by atoms with Gasteiger partial charge in [0.25, 0.3) is 5.92 Å². The first-order valence-electron chi connectivity index (χ1n) is 13.0. The van der Waals surface area contributed by atoms with Crippen LogP contribution in [0.2, 0.25) is 0 Å². The molecule has 4 heterocycles. The summed E-state index contributed by atoms with van der Waals surface area (Å²) in [5.74, 6) is -2.22. The maximum atomic E-state index is 14.8. The number of carbonyl (C=O) groups is 1. The molecule has 4 aliphatic rings. The van der Waals surface area contributed by atoms with Crippen molar-refractivity contribution in [2.45, 2.75) is 62.8 Å². The van der Waals surface area contributed by atoms with Gasteiger partial charge in [0.2, 0.25) is 0 Å². The lowest BCUT2D eigenvalue weighted by Gasteiger charge is -2.50. The van der Waals surface area contributed by atoms with Crippen LogP contribution in [0.25, 0.3) is 0 Å². The van der Waals surface area contributed by atoms with Crippen molar-refractivity contribution >= 4 is 6.03 Å². The second-order valence-corrected chi connectivity index (χ2v) is 11.1. The fraction of sp³-hybridized carbons (Fsp3) is 0.556. The number of aromatic nitrogens is 1. The van der Waals surface area contributed by atoms with Gasteiger partial charge in [0.15, 0.2) is 0 Å². The van der Waals surface area contributed by atoms with Crippen molar-refractivity contribution in [2.24, 2.45) is 11.8 Å². The Morgan fingerprint density at radius 2 is 1.92 bits per heavy atom. The predicted molar refractivity (Wildman–Crippen MR) is 132 cm³/mol. The zero-order valence-electron chi connectivity index (χ0n) is 20.5. The maximum absolute atomic E-state index is 14.8. The van der Waals surface area contributed by atoms with Gasteiger partial charge in [-0.2, -0.15) is 0 Å². The molecule has 6 atom stereocenters. The van der Waals surface area contributed by atoms with Crippen LogP contribution < -0.4 is 16.2 Å². The largest absolute Gasteiger partial charge is 0.335 e. The van der Waals surface area contributed by atoms with Gasteiger partial charge in [0, 0.05) is 50.0 Å². The normalized spacial score (nSPS) is 34.1.